The summed E-state index contributed by atoms with van der Waals surface area (Å²) in [6.07, 6.45) is 0. The van der Waals surface area contributed by atoms with E-state index in [9.17, 15) is 0 Å². The van der Waals surface area contributed by atoms with Gasteiger partial charge >= 0.3 is 0 Å². The van der Waals surface area contributed by atoms with E-state index < -0.39 is 0 Å². The van der Waals surface area contributed by atoms with Crippen molar-refractivity contribution in [2.45, 2.75) is 13.0 Å². The summed E-state index contributed by atoms with van der Waals surface area (Å²) in [4.78, 5) is 0. The van der Waals surface area contributed by atoms with Crippen LogP contribution >= 0.6 is 12.0 Å². The van der Waals surface area contributed by atoms with Gasteiger partial charge in [-0.25, -0.2) is 0 Å². The lowest BCUT2D eigenvalue weighted by Crippen LogP contribution is -2.13. The number of rotatable bonds is 5. The number of hydrogen-bond acceptors (Lipinski definition) is 4. The van der Waals surface area contributed by atoms with Crippen molar-refractivity contribution in [2.75, 3.05) is 12.4 Å². The molecular formula is C10H15NO2S. The molecule has 4 heteroatoms. The number of aliphatic hydroxyl groups is 1. The molecule has 0 aliphatic heterocycles. The molecule has 0 aromatic heterocycles. The maximum absolute atomic E-state index is 8.84. The average Bonchev–Trinajstić information content (AvgIpc) is 2.26. The molecule has 0 saturated carbocycles. The van der Waals surface area contributed by atoms with Crippen LogP contribution in [0.3, 0.4) is 0 Å². The quantitative estimate of drug-likeness (QED) is 0.731. The first-order valence-electron chi connectivity index (χ1n) is 4.53. The van der Waals surface area contributed by atoms with Gasteiger partial charge < -0.3 is 15.0 Å². The number of nitrogens with two attached hydrogens (primary N) is 1. The van der Waals surface area contributed by atoms with Gasteiger partial charge in [-0.2, -0.15) is 0 Å². The highest BCUT2D eigenvalue weighted by atomic mass is 32.2. The fourth-order valence-corrected chi connectivity index (χ4v) is 1.37. The zero-order valence-corrected chi connectivity index (χ0v) is 8.96. The summed E-state index contributed by atoms with van der Waals surface area (Å²) in [6, 6.07) is 7.14. The molecule has 3 nitrogen and oxygen atoms in total. The van der Waals surface area contributed by atoms with E-state index in [1.807, 2.05) is 31.2 Å². The van der Waals surface area contributed by atoms with Crippen molar-refractivity contribution in [1.82, 2.24) is 0 Å². The Morgan fingerprint density at radius 1 is 1.43 bits per heavy atom. The summed E-state index contributed by atoms with van der Waals surface area (Å²) in [5.74, 6) is 1.73. The fraction of sp³-hybridized carbons (Fsp3) is 0.400. The van der Waals surface area contributed by atoms with Crippen LogP contribution in [-0.4, -0.2) is 17.5 Å². The van der Waals surface area contributed by atoms with Gasteiger partial charge in [-0.05, 0) is 17.7 Å². The van der Waals surface area contributed by atoms with E-state index in [0.717, 1.165) is 17.1 Å². The lowest BCUT2D eigenvalue weighted by molar-refractivity contribution is 0.268. The molecule has 14 heavy (non-hydrogen) atoms. The van der Waals surface area contributed by atoms with Crippen molar-refractivity contribution in [2.24, 2.45) is 5.73 Å². The summed E-state index contributed by atoms with van der Waals surface area (Å²) in [5, 5.41) is 8.84. The number of aliphatic hydroxyl groups excluding tert-OH is 1. The molecule has 3 N–H and O–H groups in total. The molecule has 0 spiro atoms. The highest BCUT2D eigenvalue weighted by Gasteiger charge is 2.03. The van der Waals surface area contributed by atoms with E-state index in [0.29, 0.717) is 0 Å². The van der Waals surface area contributed by atoms with Crippen LogP contribution in [-0.2, 0) is 0 Å². The van der Waals surface area contributed by atoms with Gasteiger partial charge in [0.15, 0.2) is 0 Å². The van der Waals surface area contributed by atoms with E-state index in [2.05, 4.69) is 0 Å². The Labute approximate surface area is 88.5 Å². The molecule has 0 heterocycles. The second kappa shape index (κ2) is 5.90. The van der Waals surface area contributed by atoms with Gasteiger partial charge in [0.05, 0.1) is 24.7 Å². The normalized spacial score (nSPS) is 12.5. The van der Waals surface area contributed by atoms with Crippen LogP contribution in [0.5, 0.6) is 5.75 Å². The number of benzene rings is 1. The molecule has 0 aliphatic carbocycles. The van der Waals surface area contributed by atoms with Crippen molar-refractivity contribution in [3.8, 4) is 5.75 Å². The molecule has 1 aromatic carbocycles. The van der Waals surface area contributed by atoms with E-state index in [-0.39, 0.29) is 12.6 Å². The SMILES string of the molecule is CCSOc1ccc(C(N)CO)cc1. The van der Waals surface area contributed by atoms with E-state index in [4.69, 9.17) is 15.0 Å². The van der Waals surface area contributed by atoms with E-state index in [1.54, 1.807) is 0 Å². The Kier molecular flexibility index (Phi) is 4.79. The van der Waals surface area contributed by atoms with Gasteiger partial charge in [-0.1, -0.05) is 19.1 Å². The predicted octanol–water partition coefficient (Wildman–Crippen LogP) is 1.73. The second-order valence-electron chi connectivity index (χ2n) is 2.85. The van der Waals surface area contributed by atoms with Crippen molar-refractivity contribution in [3.05, 3.63) is 29.8 Å². The van der Waals surface area contributed by atoms with Crippen LogP contribution in [0.4, 0.5) is 0 Å². The molecule has 1 rings (SSSR count). The average molecular weight is 213 g/mol. The molecule has 0 aliphatic rings. The lowest BCUT2D eigenvalue weighted by atomic mass is 10.1. The predicted molar refractivity (Wildman–Crippen MR) is 59.2 cm³/mol. The van der Waals surface area contributed by atoms with Gasteiger partial charge in [0.2, 0.25) is 0 Å². The molecule has 1 aromatic rings. The van der Waals surface area contributed by atoms with Crippen LogP contribution in [0.15, 0.2) is 24.3 Å². The molecule has 0 fully saturated rings. The largest absolute Gasteiger partial charge is 0.426 e. The maximum Gasteiger partial charge on any atom is 0.137 e. The highest BCUT2D eigenvalue weighted by Crippen LogP contribution is 2.19. The van der Waals surface area contributed by atoms with Crippen molar-refractivity contribution in [3.63, 3.8) is 0 Å². The summed E-state index contributed by atoms with van der Waals surface area (Å²) in [5.41, 5.74) is 6.57. The maximum atomic E-state index is 8.84. The monoisotopic (exact) mass is 213 g/mol. The van der Waals surface area contributed by atoms with Gasteiger partial charge in [0.1, 0.15) is 5.75 Å². The lowest BCUT2D eigenvalue weighted by Gasteiger charge is -2.09. The molecule has 0 saturated heterocycles. The highest BCUT2D eigenvalue weighted by molar-refractivity contribution is 7.94. The molecule has 0 radical (unpaired) electrons. The third-order valence-electron chi connectivity index (χ3n) is 1.78. The molecule has 78 valence electrons. The fourth-order valence-electron chi connectivity index (χ4n) is 1.00. The third-order valence-corrected chi connectivity index (χ3v) is 2.32. The van der Waals surface area contributed by atoms with Gasteiger partial charge in [0.25, 0.3) is 0 Å². The summed E-state index contributed by atoms with van der Waals surface area (Å²) in [7, 11) is 0. The summed E-state index contributed by atoms with van der Waals surface area (Å²) in [6.45, 7) is 1.99. The Morgan fingerprint density at radius 2 is 2.07 bits per heavy atom. The zero-order valence-electron chi connectivity index (χ0n) is 8.14. The van der Waals surface area contributed by atoms with Crippen molar-refractivity contribution in [1.29, 1.82) is 0 Å². The Bertz CT molecular complexity index is 263. The van der Waals surface area contributed by atoms with E-state index in [1.165, 1.54) is 12.0 Å². The summed E-state index contributed by atoms with van der Waals surface area (Å²) < 4.78 is 5.34. The van der Waals surface area contributed by atoms with Crippen LogP contribution in [0.1, 0.15) is 18.5 Å². The standard InChI is InChI=1S/C10H15NO2S/c1-2-14-13-9-5-3-8(4-6-9)10(11)7-12/h3-6,10,12H,2,7,11H2,1H3. The van der Waals surface area contributed by atoms with Gasteiger partial charge in [0, 0.05) is 5.75 Å². The van der Waals surface area contributed by atoms with Crippen molar-refractivity contribution < 1.29 is 9.29 Å². The van der Waals surface area contributed by atoms with Crippen molar-refractivity contribution >= 4 is 12.0 Å². The van der Waals surface area contributed by atoms with Crippen LogP contribution in [0.2, 0.25) is 0 Å². The summed E-state index contributed by atoms with van der Waals surface area (Å²) >= 11 is 1.40. The molecule has 0 amide bonds. The minimum atomic E-state index is -0.303. The molecule has 1 unspecified atom stereocenters. The second-order valence-corrected chi connectivity index (χ2v) is 3.83. The Hall–Kier alpha value is -0.710. The molecular weight excluding hydrogens is 198 g/mol. The first-order valence-corrected chi connectivity index (χ1v) is 5.45. The Balaban J connectivity index is 2.59. The minimum absolute atomic E-state index is 0.0378. The smallest absolute Gasteiger partial charge is 0.137 e. The third kappa shape index (κ3) is 3.21. The van der Waals surface area contributed by atoms with Gasteiger partial charge in [-0.3, -0.25) is 0 Å². The molecule has 1 atom stereocenters. The first kappa shape index (κ1) is 11.4. The first-order chi connectivity index (χ1) is 6.77. The zero-order chi connectivity index (χ0) is 10.4. The topological polar surface area (TPSA) is 55.5 Å². The molecule has 0 bridgehead atoms. The minimum Gasteiger partial charge on any atom is -0.426 e. The van der Waals surface area contributed by atoms with E-state index >= 15 is 0 Å². The van der Waals surface area contributed by atoms with Crippen LogP contribution in [0.25, 0.3) is 0 Å². The number of hydrogen-bond donors (Lipinski definition) is 2. The van der Waals surface area contributed by atoms with Gasteiger partial charge in [-0.15, -0.1) is 0 Å². The Morgan fingerprint density at radius 3 is 2.57 bits per heavy atom. The van der Waals surface area contributed by atoms with Crippen LogP contribution < -0.4 is 9.92 Å². The van der Waals surface area contributed by atoms with Crippen LogP contribution in [0, 0.1) is 0 Å².